The summed E-state index contributed by atoms with van der Waals surface area (Å²) in [4.78, 5) is 11.0. The maximum absolute atomic E-state index is 11.0. The zero-order chi connectivity index (χ0) is 23.3. The molecule has 2 aliphatic heterocycles. The number of aliphatic carboxylic acids is 1. The normalized spacial score (nSPS) is 35.5. The molecule has 2 aliphatic rings. The highest BCUT2D eigenvalue weighted by Gasteiger charge is 2.56. The average molecular weight is 439 g/mol. The third kappa shape index (κ3) is 7.14. The van der Waals surface area contributed by atoms with Crippen molar-refractivity contribution in [2.45, 2.75) is 103 Å². The molecule has 0 saturated carbocycles. The van der Waals surface area contributed by atoms with Gasteiger partial charge in [0.25, 0.3) is 0 Å². The molecule has 6 heteroatoms. The van der Waals surface area contributed by atoms with Crippen LogP contribution in [-0.2, 0) is 19.0 Å². The molecule has 9 atom stereocenters. The quantitative estimate of drug-likeness (QED) is 0.368. The van der Waals surface area contributed by atoms with Gasteiger partial charge in [0.05, 0.1) is 42.5 Å². The van der Waals surface area contributed by atoms with Crippen LogP contribution in [0.25, 0.3) is 0 Å². The highest BCUT2D eigenvalue weighted by molar-refractivity contribution is 5.67. The van der Waals surface area contributed by atoms with Gasteiger partial charge in [-0.3, -0.25) is 4.79 Å². The summed E-state index contributed by atoms with van der Waals surface area (Å²) in [5, 5.41) is 19.0. The minimum Gasteiger partial charge on any atom is -0.481 e. The monoisotopic (exact) mass is 438 g/mol. The van der Waals surface area contributed by atoms with Gasteiger partial charge in [-0.15, -0.1) is 0 Å². The summed E-state index contributed by atoms with van der Waals surface area (Å²) < 4.78 is 17.6. The summed E-state index contributed by atoms with van der Waals surface area (Å²) in [6.45, 7) is 12.4. The van der Waals surface area contributed by atoms with Crippen LogP contribution in [0.2, 0.25) is 0 Å². The van der Waals surface area contributed by atoms with Crippen LogP contribution in [0, 0.1) is 17.8 Å². The fourth-order valence-corrected chi connectivity index (χ4v) is 5.22. The Bertz CT molecular complexity index is 656. The van der Waals surface area contributed by atoms with E-state index >= 15 is 0 Å². The summed E-state index contributed by atoms with van der Waals surface area (Å²) in [5.74, 6) is 0.0402. The Hall–Kier alpha value is -1.21. The van der Waals surface area contributed by atoms with Crippen molar-refractivity contribution in [2.24, 2.45) is 17.8 Å². The third-order valence-electron chi connectivity index (χ3n) is 6.86. The lowest BCUT2D eigenvalue weighted by Crippen LogP contribution is -2.36. The number of methoxy groups -OCH3 is 1. The molecule has 6 nitrogen and oxygen atoms in total. The first-order chi connectivity index (χ1) is 14.5. The van der Waals surface area contributed by atoms with Gasteiger partial charge in [0, 0.05) is 13.0 Å². The molecule has 0 bridgehead atoms. The van der Waals surface area contributed by atoms with Gasteiger partial charge >= 0.3 is 5.97 Å². The first kappa shape index (κ1) is 26.0. The highest BCUT2D eigenvalue weighted by Crippen LogP contribution is 2.47. The number of epoxide rings is 1. The number of carboxylic acids is 1. The number of hydrogen-bond donors (Lipinski definition) is 2. The van der Waals surface area contributed by atoms with Gasteiger partial charge in [0.1, 0.15) is 0 Å². The molecular formula is C25H42O6. The number of rotatable bonds is 11. The zero-order valence-corrected chi connectivity index (χ0v) is 20.2. The predicted molar refractivity (Wildman–Crippen MR) is 121 cm³/mol. The van der Waals surface area contributed by atoms with E-state index in [2.05, 4.69) is 52.8 Å². The van der Waals surface area contributed by atoms with Crippen LogP contribution in [0.4, 0.5) is 0 Å². The van der Waals surface area contributed by atoms with Crippen molar-refractivity contribution >= 4 is 5.97 Å². The van der Waals surface area contributed by atoms with E-state index in [-0.39, 0.29) is 42.4 Å². The first-order valence-corrected chi connectivity index (χ1v) is 11.6. The van der Waals surface area contributed by atoms with Crippen LogP contribution in [0.5, 0.6) is 0 Å². The second-order valence-corrected chi connectivity index (χ2v) is 9.96. The van der Waals surface area contributed by atoms with Crippen LogP contribution in [0.3, 0.4) is 0 Å². The first-order valence-electron chi connectivity index (χ1n) is 11.6. The summed E-state index contributed by atoms with van der Waals surface area (Å²) in [6.07, 6.45) is 8.21. The van der Waals surface area contributed by atoms with Gasteiger partial charge < -0.3 is 24.4 Å². The van der Waals surface area contributed by atoms with E-state index in [0.29, 0.717) is 11.8 Å². The van der Waals surface area contributed by atoms with E-state index in [4.69, 9.17) is 19.3 Å². The average Bonchev–Trinajstić information content (AvgIpc) is 3.33. The molecule has 0 aliphatic carbocycles. The zero-order valence-electron chi connectivity index (χ0n) is 20.2. The van der Waals surface area contributed by atoms with E-state index in [1.165, 1.54) is 0 Å². The summed E-state index contributed by atoms with van der Waals surface area (Å²) in [5.41, 5.74) is 0.935. The number of hydrogen-bond acceptors (Lipinski definition) is 5. The van der Waals surface area contributed by atoms with Crippen molar-refractivity contribution in [3.05, 3.63) is 23.8 Å². The van der Waals surface area contributed by atoms with Crippen molar-refractivity contribution in [1.82, 2.24) is 0 Å². The highest BCUT2D eigenvalue weighted by atomic mass is 16.6. The van der Waals surface area contributed by atoms with Gasteiger partial charge in [-0.25, -0.2) is 0 Å². The van der Waals surface area contributed by atoms with Gasteiger partial charge in [-0.2, -0.15) is 0 Å². The van der Waals surface area contributed by atoms with Gasteiger partial charge in [-0.05, 0) is 57.4 Å². The topological polar surface area (TPSA) is 88.5 Å². The van der Waals surface area contributed by atoms with E-state index in [1.54, 1.807) is 14.0 Å². The number of carboxylic acid groups (broad SMARTS) is 1. The van der Waals surface area contributed by atoms with Crippen LogP contribution >= 0.6 is 0 Å². The number of aliphatic hydroxyl groups excluding tert-OH is 1. The second kappa shape index (κ2) is 11.1. The summed E-state index contributed by atoms with van der Waals surface area (Å²) >= 11 is 0. The lowest BCUT2D eigenvalue weighted by Gasteiger charge is -2.35. The van der Waals surface area contributed by atoms with Crippen molar-refractivity contribution in [3.63, 3.8) is 0 Å². The molecule has 0 unspecified atom stereocenters. The standard InChI is InChI=1S/C25H42O6/c1-15(14-25(6)24(31-25)18(4)23(29-7)19(5)26)9-8-10-16(2)22-17(3)11-12-20(30-22)13-21(27)28/h8-10,15,17-20,22-24,26H,11-14H2,1-7H3,(H,27,28)/b9-8+,16-10+/t15-,17+,18-,19-,20-,22-,23-,24-,25+/m1/s1. The Labute approximate surface area is 187 Å². The lowest BCUT2D eigenvalue weighted by atomic mass is 9.85. The molecule has 0 amide bonds. The van der Waals surface area contributed by atoms with Crippen LogP contribution in [0.15, 0.2) is 23.8 Å². The fourth-order valence-electron chi connectivity index (χ4n) is 5.22. The van der Waals surface area contributed by atoms with E-state index < -0.39 is 12.1 Å². The van der Waals surface area contributed by atoms with Crippen LogP contribution in [-0.4, -0.2) is 59.4 Å². The second-order valence-electron chi connectivity index (χ2n) is 9.96. The Morgan fingerprint density at radius 2 is 1.97 bits per heavy atom. The number of ether oxygens (including phenoxy) is 3. The molecule has 2 heterocycles. The molecule has 2 N–H and O–H groups in total. The van der Waals surface area contributed by atoms with Gasteiger partial charge in [0.15, 0.2) is 0 Å². The Kier molecular flexibility index (Phi) is 9.31. The van der Waals surface area contributed by atoms with Crippen molar-refractivity contribution in [3.8, 4) is 0 Å². The maximum Gasteiger partial charge on any atom is 0.305 e. The number of carbonyl (C=O) groups is 1. The summed E-state index contributed by atoms with van der Waals surface area (Å²) in [6, 6.07) is 0. The van der Waals surface area contributed by atoms with Crippen LogP contribution in [0.1, 0.15) is 67.2 Å². The SMILES string of the molecule is CO[C@H]([C@@H](C)[C@H]1O[C@@]1(C)C[C@H](C)/C=C/C=C(\C)[C@H]1O[C@@H](CC(=O)O)CC[C@@H]1C)[C@@H](C)O. The largest absolute Gasteiger partial charge is 0.481 e. The Morgan fingerprint density at radius 1 is 1.29 bits per heavy atom. The van der Waals surface area contributed by atoms with Crippen LogP contribution < -0.4 is 0 Å². The number of allylic oxidation sites excluding steroid dienone is 3. The minimum atomic E-state index is -0.803. The third-order valence-corrected chi connectivity index (χ3v) is 6.86. The molecule has 2 saturated heterocycles. The van der Waals surface area contributed by atoms with Gasteiger partial charge in [0.2, 0.25) is 0 Å². The minimum absolute atomic E-state index is 0.0287. The smallest absolute Gasteiger partial charge is 0.305 e. The summed E-state index contributed by atoms with van der Waals surface area (Å²) in [7, 11) is 1.63. The molecule has 2 fully saturated rings. The maximum atomic E-state index is 11.0. The van der Waals surface area contributed by atoms with Crippen molar-refractivity contribution in [1.29, 1.82) is 0 Å². The molecule has 0 aromatic carbocycles. The predicted octanol–water partition coefficient (Wildman–Crippen LogP) is 4.36. The molecule has 0 spiro atoms. The van der Waals surface area contributed by atoms with Gasteiger partial charge in [-0.1, -0.05) is 39.0 Å². The molecule has 178 valence electrons. The molecule has 0 radical (unpaired) electrons. The van der Waals surface area contributed by atoms with E-state index in [0.717, 1.165) is 24.8 Å². The number of aliphatic hydroxyl groups is 1. The van der Waals surface area contributed by atoms with Crippen molar-refractivity contribution < 1.29 is 29.2 Å². The molecule has 0 aromatic heterocycles. The fraction of sp³-hybridized carbons (Fsp3) is 0.800. The molecular weight excluding hydrogens is 396 g/mol. The van der Waals surface area contributed by atoms with E-state index in [9.17, 15) is 9.90 Å². The molecule has 0 aromatic rings. The van der Waals surface area contributed by atoms with E-state index in [1.807, 2.05) is 0 Å². The Morgan fingerprint density at radius 3 is 2.55 bits per heavy atom. The molecule has 31 heavy (non-hydrogen) atoms. The van der Waals surface area contributed by atoms with Crippen molar-refractivity contribution in [2.75, 3.05) is 7.11 Å². The Balaban J connectivity index is 1.89. The lowest BCUT2D eigenvalue weighted by molar-refractivity contribution is -0.143. The molecule has 2 rings (SSSR count).